The second-order valence-electron chi connectivity index (χ2n) is 7.50. The zero-order valence-electron chi connectivity index (χ0n) is 16.1. The largest absolute Gasteiger partial charge is 0.452 e. The predicted octanol–water partition coefficient (Wildman–Crippen LogP) is 3.96. The number of amides is 1. The second-order valence-corrected chi connectivity index (χ2v) is 7.50. The van der Waals surface area contributed by atoms with E-state index in [2.05, 4.69) is 17.2 Å². The van der Waals surface area contributed by atoms with Crippen molar-refractivity contribution in [2.24, 2.45) is 5.92 Å². The van der Waals surface area contributed by atoms with Crippen LogP contribution in [0.4, 0.5) is 5.69 Å². The lowest BCUT2D eigenvalue weighted by atomic mass is 9.87. The van der Waals surface area contributed by atoms with Crippen molar-refractivity contribution in [3.8, 4) is 6.07 Å². The van der Waals surface area contributed by atoms with E-state index in [-0.39, 0.29) is 6.61 Å². The molecule has 1 amide bonds. The fraction of sp³-hybridized carbons (Fsp3) is 0.261. The molecule has 0 spiro atoms. The fourth-order valence-corrected chi connectivity index (χ4v) is 3.76. The molecule has 6 nitrogen and oxygen atoms in total. The van der Waals surface area contributed by atoms with Gasteiger partial charge in [0.2, 0.25) is 0 Å². The molecule has 3 aromatic rings. The highest BCUT2D eigenvalue weighted by molar-refractivity contribution is 5.98. The molecule has 1 aromatic heterocycles. The van der Waals surface area contributed by atoms with Crippen LogP contribution in [0.2, 0.25) is 0 Å². The van der Waals surface area contributed by atoms with Gasteiger partial charge in [-0.25, -0.2) is 4.79 Å². The van der Waals surface area contributed by atoms with E-state index in [0.717, 1.165) is 23.7 Å². The Morgan fingerprint density at radius 1 is 1.24 bits per heavy atom. The molecule has 0 saturated heterocycles. The summed E-state index contributed by atoms with van der Waals surface area (Å²) in [5.74, 6) is -0.333. The van der Waals surface area contributed by atoms with Crippen molar-refractivity contribution in [2.45, 2.75) is 26.2 Å². The van der Waals surface area contributed by atoms with E-state index >= 15 is 0 Å². The number of nitrogens with zero attached hydrogens (tertiary/aromatic N) is 1. The number of carbonyl (C=O) groups excluding carboxylic acids is 2. The molecule has 0 bridgehead atoms. The van der Waals surface area contributed by atoms with Crippen molar-refractivity contribution in [3.05, 3.63) is 64.8 Å². The number of aryl methyl sites for hydroxylation is 1. The van der Waals surface area contributed by atoms with Crippen molar-refractivity contribution >= 4 is 28.5 Å². The number of nitrogens with one attached hydrogen (secondary N) is 2. The zero-order chi connectivity index (χ0) is 20.4. The number of nitriles is 1. The van der Waals surface area contributed by atoms with Crippen LogP contribution in [-0.4, -0.2) is 23.5 Å². The molecule has 1 unspecified atom stereocenters. The number of aromatic nitrogens is 1. The van der Waals surface area contributed by atoms with Crippen LogP contribution >= 0.6 is 0 Å². The number of rotatable bonds is 4. The Kier molecular flexibility index (Phi) is 5.05. The maximum absolute atomic E-state index is 12.4. The number of fused-ring (bicyclic) bond motifs is 3. The second kappa shape index (κ2) is 7.80. The van der Waals surface area contributed by atoms with Crippen LogP contribution in [0.25, 0.3) is 10.9 Å². The molecule has 0 radical (unpaired) electrons. The molecule has 2 N–H and O–H groups in total. The highest BCUT2D eigenvalue weighted by atomic mass is 16.5. The molecule has 1 aliphatic carbocycles. The normalized spacial score (nSPS) is 15.4. The van der Waals surface area contributed by atoms with Crippen molar-refractivity contribution in [2.75, 3.05) is 11.9 Å². The number of esters is 1. The number of hydrogen-bond donors (Lipinski definition) is 2. The molecule has 0 saturated carbocycles. The Morgan fingerprint density at radius 3 is 2.79 bits per heavy atom. The molecular weight excluding hydrogens is 366 g/mol. The van der Waals surface area contributed by atoms with E-state index in [0.29, 0.717) is 22.7 Å². The summed E-state index contributed by atoms with van der Waals surface area (Å²) in [6, 6.07) is 13.9. The first kappa shape index (κ1) is 18.8. The summed E-state index contributed by atoms with van der Waals surface area (Å²) in [5, 5.41) is 12.5. The van der Waals surface area contributed by atoms with Gasteiger partial charge in [0.25, 0.3) is 5.91 Å². The molecule has 2 aromatic carbocycles. The minimum absolute atomic E-state index is 0.376. The lowest BCUT2D eigenvalue weighted by Gasteiger charge is -2.18. The van der Waals surface area contributed by atoms with Gasteiger partial charge in [-0.3, -0.25) is 4.79 Å². The summed E-state index contributed by atoms with van der Waals surface area (Å²) in [5.41, 5.74) is 5.05. The SMILES string of the molecule is CC1CCc2[nH]c3ccc(C(=O)OCC(=O)Nc4ccc(C#N)cc4)cc3c2C1. The number of H-pyrrole nitrogens is 1. The summed E-state index contributed by atoms with van der Waals surface area (Å²) in [6.45, 7) is 1.87. The third-order valence-electron chi connectivity index (χ3n) is 5.30. The predicted molar refractivity (Wildman–Crippen MR) is 110 cm³/mol. The number of anilines is 1. The van der Waals surface area contributed by atoms with E-state index in [1.54, 1.807) is 30.3 Å². The molecule has 6 heteroatoms. The van der Waals surface area contributed by atoms with Gasteiger partial charge in [-0.2, -0.15) is 5.26 Å². The van der Waals surface area contributed by atoms with Gasteiger partial charge in [0.1, 0.15) is 0 Å². The van der Waals surface area contributed by atoms with Crippen molar-refractivity contribution in [1.29, 1.82) is 5.26 Å². The third kappa shape index (κ3) is 3.99. The zero-order valence-corrected chi connectivity index (χ0v) is 16.1. The van der Waals surface area contributed by atoms with E-state index < -0.39 is 11.9 Å². The monoisotopic (exact) mass is 387 g/mol. The molecule has 1 heterocycles. The van der Waals surface area contributed by atoms with Crippen LogP contribution in [0.5, 0.6) is 0 Å². The highest BCUT2D eigenvalue weighted by Gasteiger charge is 2.21. The molecular formula is C23H21N3O3. The Morgan fingerprint density at radius 2 is 2.03 bits per heavy atom. The maximum atomic E-state index is 12.4. The average Bonchev–Trinajstić information content (AvgIpc) is 3.09. The molecule has 0 fully saturated rings. The van der Waals surface area contributed by atoms with E-state index in [1.165, 1.54) is 17.7 Å². The number of ether oxygens (including phenoxy) is 1. The number of hydrogen-bond acceptors (Lipinski definition) is 4. The van der Waals surface area contributed by atoms with Gasteiger partial charge in [-0.05, 0) is 73.2 Å². The van der Waals surface area contributed by atoms with E-state index in [9.17, 15) is 9.59 Å². The average molecular weight is 387 g/mol. The van der Waals surface area contributed by atoms with Crippen LogP contribution in [-0.2, 0) is 22.4 Å². The van der Waals surface area contributed by atoms with Crippen LogP contribution in [0.3, 0.4) is 0 Å². The van der Waals surface area contributed by atoms with Gasteiger partial charge in [0.05, 0.1) is 17.2 Å². The highest BCUT2D eigenvalue weighted by Crippen LogP contribution is 2.32. The van der Waals surface area contributed by atoms with Gasteiger partial charge < -0.3 is 15.0 Å². The first-order chi connectivity index (χ1) is 14.0. The van der Waals surface area contributed by atoms with Gasteiger partial charge >= 0.3 is 5.97 Å². The van der Waals surface area contributed by atoms with Gasteiger partial charge in [0, 0.05) is 22.3 Å². The Labute approximate surface area is 168 Å². The Bertz CT molecular complexity index is 1120. The molecule has 0 aliphatic heterocycles. The maximum Gasteiger partial charge on any atom is 0.338 e. The van der Waals surface area contributed by atoms with Crippen molar-refractivity contribution in [3.63, 3.8) is 0 Å². The Balaban J connectivity index is 1.41. The van der Waals surface area contributed by atoms with E-state index in [4.69, 9.17) is 10.00 Å². The molecule has 29 heavy (non-hydrogen) atoms. The van der Waals surface area contributed by atoms with Gasteiger partial charge in [-0.15, -0.1) is 0 Å². The minimum atomic E-state index is -0.527. The minimum Gasteiger partial charge on any atom is -0.452 e. The third-order valence-corrected chi connectivity index (χ3v) is 5.30. The van der Waals surface area contributed by atoms with Crippen molar-refractivity contribution < 1.29 is 14.3 Å². The van der Waals surface area contributed by atoms with Crippen LogP contribution in [0.1, 0.15) is 40.5 Å². The number of benzene rings is 2. The first-order valence-corrected chi connectivity index (χ1v) is 9.64. The quantitative estimate of drug-likeness (QED) is 0.663. The summed E-state index contributed by atoms with van der Waals surface area (Å²) < 4.78 is 5.18. The van der Waals surface area contributed by atoms with Crippen LogP contribution in [0.15, 0.2) is 42.5 Å². The molecule has 4 rings (SSSR count). The fourth-order valence-electron chi connectivity index (χ4n) is 3.76. The van der Waals surface area contributed by atoms with Gasteiger partial charge in [-0.1, -0.05) is 6.92 Å². The summed E-state index contributed by atoms with van der Waals surface area (Å²) in [6.07, 6.45) is 3.20. The number of carbonyl (C=O) groups is 2. The first-order valence-electron chi connectivity index (χ1n) is 9.64. The van der Waals surface area contributed by atoms with Gasteiger partial charge in [0.15, 0.2) is 6.61 Å². The summed E-state index contributed by atoms with van der Waals surface area (Å²) >= 11 is 0. The Hall–Kier alpha value is -3.59. The topological polar surface area (TPSA) is 95.0 Å². The molecule has 1 aliphatic rings. The lowest BCUT2D eigenvalue weighted by molar-refractivity contribution is -0.119. The molecule has 1 atom stereocenters. The smallest absolute Gasteiger partial charge is 0.338 e. The van der Waals surface area contributed by atoms with Crippen molar-refractivity contribution in [1.82, 2.24) is 4.98 Å². The van der Waals surface area contributed by atoms with Crippen LogP contribution < -0.4 is 5.32 Å². The lowest BCUT2D eigenvalue weighted by Crippen LogP contribution is -2.20. The summed E-state index contributed by atoms with van der Waals surface area (Å²) in [4.78, 5) is 27.9. The molecule has 146 valence electrons. The van der Waals surface area contributed by atoms with Crippen LogP contribution in [0, 0.1) is 17.2 Å². The van der Waals surface area contributed by atoms with E-state index in [1.807, 2.05) is 18.2 Å². The number of aromatic amines is 1. The standard InChI is InChI=1S/C23H21N3O3/c1-14-2-8-20-18(10-14)19-11-16(5-9-21(19)26-20)23(28)29-13-22(27)25-17-6-3-15(12-24)4-7-17/h3-7,9,11,14,26H,2,8,10,13H2,1H3,(H,25,27). The summed E-state index contributed by atoms with van der Waals surface area (Å²) in [7, 11) is 0.